The Morgan fingerprint density at radius 1 is 0.800 bits per heavy atom. The van der Waals surface area contributed by atoms with Crippen LogP contribution in [0.4, 0.5) is 0 Å². The van der Waals surface area contributed by atoms with Crippen LogP contribution in [-0.4, -0.2) is 0 Å². The lowest BCUT2D eigenvalue weighted by Crippen LogP contribution is -1.66. The first-order valence-electron chi connectivity index (χ1n) is 4.55. The summed E-state index contributed by atoms with van der Waals surface area (Å²) in [7, 11) is 0. The molecule has 0 heterocycles. The minimum Gasteiger partial charge on any atom is -0.115 e. The van der Waals surface area contributed by atoms with Crippen LogP contribution in [0.25, 0.3) is 0 Å². The fourth-order valence-corrected chi connectivity index (χ4v) is 1.09. The van der Waals surface area contributed by atoms with E-state index in [2.05, 4.69) is 5.92 Å². The van der Waals surface area contributed by atoms with Gasteiger partial charge in [0.2, 0.25) is 0 Å². The van der Waals surface area contributed by atoms with Crippen LogP contribution >= 0.6 is 11.6 Å². The van der Waals surface area contributed by atoms with Gasteiger partial charge < -0.3 is 0 Å². The normalized spacial score (nSPS) is 8.27. The molecular weight excluding hydrogens is 204 g/mol. The van der Waals surface area contributed by atoms with E-state index in [1.165, 1.54) is 0 Å². The third kappa shape index (κ3) is 4.90. The van der Waals surface area contributed by atoms with Crippen LogP contribution in [0.3, 0.4) is 0 Å². The molecule has 0 atom stereocenters. The van der Waals surface area contributed by atoms with E-state index in [9.17, 15) is 0 Å². The average Bonchev–Trinajstić information content (AvgIpc) is 2.32. The predicted molar refractivity (Wildman–Crippen MR) is 65.8 cm³/mol. The van der Waals surface area contributed by atoms with Gasteiger partial charge in [-0.2, -0.15) is 0 Å². The van der Waals surface area contributed by atoms with Gasteiger partial charge in [-0.1, -0.05) is 53.9 Å². The molecule has 0 aliphatic carbocycles. The maximum Gasteiger partial charge on any atom is 0.0405 e. The molecule has 0 saturated carbocycles. The second-order valence-corrected chi connectivity index (χ2v) is 3.24. The van der Waals surface area contributed by atoms with E-state index in [1.807, 2.05) is 60.7 Å². The lowest BCUT2D eigenvalue weighted by Gasteiger charge is -1.82. The molecule has 74 valence electrons. The summed E-state index contributed by atoms with van der Waals surface area (Å²) >= 11 is 5.54. The average molecular weight is 215 g/mol. The quantitative estimate of drug-likeness (QED) is 0.582. The molecule has 2 aromatic carbocycles. The van der Waals surface area contributed by atoms with Gasteiger partial charge in [-0.15, -0.1) is 6.42 Å². The van der Waals surface area contributed by atoms with Crippen molar-refractivity contribution in [2.24, 2.45) is 0 Å². The number of rotatable bonds is 0. The molecule has 0 bridgehead atoms. The van der Waals surface area contributed by atoms with Gasteiger partial charge in [0.25, 0.3) is 0 Å². The van der Waals surface area contributed by atoms with Crippen molar-refractivity contribution in [3.05, 3.63) is 71.2 Å². The largest absolute Gasteiger partial charge is 0.115 e. The van der Waals surface area contributed by atoms with E-state index in [0.717, 1.165) is 10.6 Å². The van der Waals surface area contributed by atoms with Crippen molar-refractivity contribution >= 4 is 11.6 Å². The highest BCUT2D eigenvalue weighted by atomic mass is 35.5. The van der Waals surface area contributed by atoms with E-state index in [0.29, 0.717) is 0 Å². The SMILES string of the molecule is C#Cc1ccccc1.Clc1ccccc1. The number of hydrogen-bond donors (Lipinski definition) is 0. The zero-order valence-corrected chi connectivity index (χ0v) is 8.98. The van der Waals surface area contributed by atoms with Gasteiger partial charge in [0.1, 0.15) is 0 Å². The first-order chi connectivity index (χ1) is 7.33. The van der Waals surface area contributed by atoms with Crippen molar-refractivity contribution in [3.8, 4) is 12.3 Å². The molecule has 0 spiro atoms. The summed E-state index contributed by atoms with van der Waals surface area (Å²) in [5.74, 6) is 2.53. The number of halogens is 1. The summed E-state index contributed by atoms with van der Waals surface area (Å²) in [4.78, 5) is 0. The Bertz CT molecular complexity index is 412. The summed E-state index contributed by atoms with van der Waals surface area (Å²) in [5, 5.41) is 0.794. The molecule has 0 fully saturated rings. The smallest absolute Gasteiger partial charge is 0.0405 e. The maximum absolute atomic E-state index is 5.54. The zero-order valence-electron chi connectivity index (χ0n) is 8.23. The van der Waals surface area contributed by atoms with Crippen LogP contribution in [0.2, 0.25) is 5.02 Å². The fourth-order valence-electron chi connectivity index (χ4n) is 0.949. The van der Waals surface area contributed by atoms with Crippen molar-refractivity contribution in [2.45, 2.75) is 0 Å². The summed E-state index contributed by atoms with van der Waals surface area (Å²) in [6.07, 6.45) is 5.10. The summed E-state index contributed by atoms with van der Waals surface area (Å²) in [6.45, 7) is 0. The Labute approximate surface area is 95.5 Å². The third-order valence-electron chi connectivity index (χ3n) is 1.67. The molecule has 0 aromatic heterocycles. The molecule has 2 aromatic rings. The molecule has 0 N–H and O–H groups in total. The molecule has 0 aliphatic heterocycles. The predicted octanol–water partition coefficient (Wildman–Crippen LogP) is 4.01. The topological polar surface area (TPSA) is 0 Å². The van der Waals surface area contributed by atoms with Crippen molar-refractivity contribution in [3.63, 3.8) is 0 Å². The van der Waals surface area contributed by atoms with Gasteiger partial charge in [0.05, 0.1) is 0 Å². The minimum absolute atomic E-state index is 0.794. The highest BCUT2D eigenvalue weighted by Gasteiger charge is 1.76. The second kappa shape index (κ2) is 6.70. The zero-order chi connectivity index (χ0) is 10.9. The van der Waals surface area contributed by atoms with Crippen LogP contribution in [0.1, 0.15) is 5.56 Å². The molecule has 0 radical (unpaired) electrons. The summed E-state index contributed by atoms with van der Waals surface area (Å²) < 4.78 is 0. The van der Waals surface area contributed by atoms with Crippen LogP contribution in [-0.2, 0) is 0 Å². The molecule has 0 saturated heterocycles. The molecule has 0 unspecified atom stereocenters. The van der Waals surface area contributed by atoms with Crippen LogP contribution in [0, 0.1) is 12.3 Å². The lowest BCUT2D eigenvalue weighted by molar-refractivity contribution is 1.65. The van der Waals surface area contributed by atoms with Crippen molar-refractivity contribution in [1.82, 2.24) is 0 Å². The Kier molecular flexibility index (Phi) is 5.08. The van der Waals surface area contributed by atoms with Gasteiger partial charge >= 0.3 is 0 Å². The van der Waals surface area contributed by atoms with Crippen LogP contribution < -0.4 is 0 Å². The first kappa shape index (κ1) is 11.4. The van der Waals surface area contributed by atoms with E-state index >= 15 is 0 Å². The minimum atomic E-state index is 0.794. The molecular formula is C14H11Cl. The van der Waals surface area contributed by atoms with Gasteiger partial charge in [0.15, 0.2) is 0 Å². The molecule has 0 amide bonds. The molecule has 15 heavy (non-hydrogen) atoms. The highest BCUT2D eigenvalue weighted by molar-refractivity contribution is 6.30. The Hall–Kier alpha value is -1.71. The van der Waals surface area contributed by atoms with E-state index in [-0.39, 0.29) is 0 Å². The van der Waals surface area contributed by atoms with Gasteiger partial charge in [-0.3, -0.25) is 0 Å². The molecule has 0 aliphatic rings. The fraction of sp³-hybridized carbons (Fsp3) is 0. The Morgan fingerprint density at radius 3 is 1.53 bits per heavy atom. The van der Waals surface area contributed by atoms with Crippen molar-refractivity contribution in [2.75, 3.05) is 0 Å². The van der Waals surface area contributed by atoms with Gasteiger partial charge in [-0.05, 0) is 24.3 Å². The third-order valence-corrected chi connectivity index (χ3v) is 1.93. The molecule has 0 nitrogen and oxygen atoms in total. The van der Waals surface area contributed by atoms with E-state index in [4.69, 9.17) is 18.0 Å². The Morgan fingerprint density at radius 2 is 1.27 bits per heavy atom. The van der Waals surface area contributed by atoms with E-state index in [1.54, 1.807) is 0 Å². The summed E-state index contributed by atoms with van der Waals surface area (Å²) in [6, 6.07) is 19.0. The Balaban J connectivity index is 0.000000151. The van der Waals surface area contributed by atoms with Crippen LogP contribution in [0.15, 0.2) is 60.7 Å². The van der Waals surface area contributed by atoms with Crippen LogP contribution in [0.5, 0.6) is 0 Å². The number of terminal acetylenes is 1. The number of hydrogen-bond acceptors (Lipinski definition) is 0. The lowest BCUT2D eigenvalue weighted by atomic mass is 10.2. The second-order valence-electron chi connectivity index (χ2n) is 2.81. The van der Waals surface area contributed by atoms with E-state index < -0.39 is 0 Å². The standard InChI is InChI=1S/C8H6.C6H5Cl/c1-2-8-6-4-3-5-7-8;7-6-4-2-1-3-5-6/h1,3-7H;1-5H. The monoisotopic (exact) mass is 214 g/mol. The first-order valence-corrected chi connectivity index (χ1v) is 4.93. The van der Waals surface area contributed by atoms with Crippen molar-refractivity contribution in [1.29, 1.82) is 0 Å². The summed E-state index contributed by atoms with van der Waals surface area (Å²) in [5.41, 5.74) is 0.938. The van der Waals surface area contributed by atoms with Gasteiger partial charge in [0, 0.05) is 10.6 Å². The molecule has 2 rings (SSSR count). The maximum atomic E-state index is 5.54. The van der Waals surface area contributed by atoms with Crippen molar-refractivity contribution < 1.29 is 0 Å². The highest BCUT2D eigenvalue weighted by Crippen LogP contribution is 2.03. The number of benzene rings is 2. The molecule has 1 heteroatoms. The van der Waals surface area contributed by atoms with Gasteiger partial charge in [-0.25, -0.2) is 0 Å².